The van der Waals surface area contributed by atoms with Gasteiger partial charge in [-0.25, -0.2) is 19.2 Å². The van der Waals surface area contributed by atoms with Gasteiger partial charge in [0.2, 0.25) is 0 Å². The summed E-state index contributed by atoms with van der Waals surface area (Å²) in [5.74, 6) is 4.26. The van der Waals surface area contributed by atoms with Crippen molar-refractivity contribution in [2.75, 3.05) is 17.3 Å². The maximum atomic E-state index is 13.6. The van der Waals surface area contributed by atoms with Gasteiger partial charge in [-0.1, -0.05) is 228 Å². The molecular weight excluding hydrogens is 2010 g/mol. The van der Waals surface area contributed by atoms with Gasteiger partial charge in [-0.05, 0) is 319 Å². The van der Waals surface area contributed by atoms with Crippen molar-refractivity contribution < 1.29 is 63.9 Å². The Balaban J connectivity index is 0.000000173. The van der Waals surface area contributed by atoms with Crippen LogP contribution in [0.2, 0.25) is 0 Å². The molecule has 0 radical (unpaired) electrons. The number of hydrogen-bond donors (Lipinski definition) is 0. The molecule has 0 fully saturated rings. The molecular formula is C129H125F3O11S7+6. The summed E-state index contributed by atoms with van der Waals surface area (Å²) in [6, 6.07) is 136. The zero-order valence-electron chi connectivity index (χ0n) is 86.6. The predicted molar refractivity (Wildman–Crippen MR) is 610 cm³/mol. The van der Waals surface area contributed by atoms with Crippen molar-refractivity contribution in [3.8, 4) is 28.7 Å². The van der Waals surface area contributed by atoms with Gasteiger partial charge in [0.25, 0.3) is 0 Å². The lowest BCUT2D eigenvalue weighted by atomic mass is 10.1. The molecule has 17 rings (SSSR count). The molecule has 150 heavy (non-hydrogen) atoms. The second-order valence-electron chi connectivity index (χ2n) is 36.1. The summed E-state index contributed by atoms with van der Waals surface area (Å²) in [5.41, 5.74) is 3.28. The first kappa shape index (κ1) is 112. The molecule has 0 saturated heterocycles. The Hall–Kier alpha value is -13.7. The topological polar surface area (TPSA) is 149 Å². The minimum atomic E-state index is -5.73. The zero-order valence-corrected chi connectivity index (χ0v) is 92.3. The van der Waals surface area contributed by atoms with Gasteiger partial charge in [0.1, 0.15) is 46.0 Å². The average molecular weight is 2130 g/mol. The van der Waals surface area contributed by atoms with E-state index < -0.39 is 50.4 Å². The maximum Gasteiger partial charge on any atom is 0.534 e. The number of carbonyl (C=O) groups is 4. The van der Waals surface area contributed by atoms with Crippen LogP contribution in [0.4, 0.5) is 13.2 Å². The van der Waals surface area contributed by atoms with Gasteiger partial charge in [-0.2, -0.15) is 21.6 Å². The van der Waals surface area contributed by atoms with Gasteiger partial charge in [-0.15, -0.1) is 0 Å². The van der Waals surface area contributed by atoms with Crippen LogP contribution >= 0.6 is 0 Å². The fourth-order valence-corrected chi connectivity index (χ4v) is 31.8. The number of halogens is 3. The molecule has 0 saturated carbocycles. The quantitative estimate of drug-likeness (QED) is 0.0125. The molecule has 764 valence electrons. The number of benzene rings is 17. The molecule has 0 heterocycles. The minimum Gasteiger partial charge on any atom is -0.422 e. The van der Waals surface area contributed by atoms with Gasteiger partial charge < -0.3 is 23.1 Å². The lowest BCUT2D eigenvalue weighted by Crippen LogP contribution is -2.28. The first-order chi connectivity index (χ1) is 72.5. The molecule has 17 aromatic rings. The molecule has 0 amide bonds. The molecule has 17 aromatic carbocycles. The number of aryl methyl sites for hydroxylation is 10. The van der Waals surface area contributed by atoms with Crippen LogP contribution in [0, 0.1) is 69.2 Å². The highest BCUT2D eigenvalue weighted by Gasteiger charge is 2.49. The molecule has 21 heteroatoms. The second-order valence-corrected chi connectivity index (χ2v) is 50.2. The molecule has 0 aliphatic rings. The number of alkyl halides is 3. The third-order valence-corrected chi connectivity index (χ3v) is 39.0. The fraction of sp³-hybridized carbons (Fsp3) is 0.178. The van der Waals surface area contributed by atoms with Crippen molar-refractivity contribution in [3.05, 3.63) is 490 Å². The van der Waals surface area contributed by atoms with Crippen LogP contribution in [-0.2, 0) is 75.5 Å². The molecule has 11 nitrogen and oxygen atoms in total. The molecule has 0 bridgehead atoms. The molecule has 0 unspecified atom stereocenters. The van der Waals surface area contributed by atoms with Gasteiger partial charge in [0.15, 0.2) is 73.4 Å². The Kier molecular flexibility index (Phi) is 40.4. The molecule has 0 aliphatic carbocycles. The second kappa shape index (κ2) is 54.1. The van der Waals surface area contributed by atoms with E-state index in [9.17, 15) is 40.8 Å². The number of unbranched alkanes of at least 4 members (excludes halogenated alkanes) is 3. The molecule has 0 spiro atoms. The summed E-state index contributed by atoms with van der Waals surface area (Å²) < 4.78 is 89.5. The summed E-state index contributed by atoms with van der Waals surface area (Å²) in [6.07, 6.45) is 8.49. The lowest BCUT2D eigenvalue weighted by Gasteiger charge is -2.15. The Morgan fingerprint density at radius 2 is 0.387 bits per heavy atom. The van der Waals surface area contributed by atoms with Crippen molar-refractivity contribution in [3.63, 3.8) is 0 Å². The summed E-state index contributed by atoms with van der Waals surface area (Å²) in [6.45, 7) is 25.7. The van der Waals surface area contributed by atoms with E-state index in [1.807, 2.05) is 165 Å². The third kappa shape index (κ3) is 29.5. The normalized spacial score (nSPS) is 11.3. The maximum absolute atomic E-state index is 13.6. The van der Waals surface area contributed by atoms with Crippen molar-refractivity contribution >= 4 is 99.4 Å². The van der Waals surface area contributed by atoms with E-state index in [1.165, 1.54) is 115 Å². The number of carbonyl (C=O) groups excluding carboxylic acids is 4. The van der Waals surface area contributed by atoms with Gasteiger partial charge in [-0.3, -0.25) is 0 Å². The van der Waals surface area contributed by atoms with Crippen LogP contribution in [0.5, 0.6) is 28.7 Å². The first-order valence-corrected chi connectivity index (χ1v) is 59.3. The first-order valence-electron chi connectivity index (χ1n) is 50.0. The smallest absolute Gasteiger partial charge is 0.422 e. The molecule has 0 N–H and O–H groups in total. The number of ether oxygens (including phenoxy) is 4. The molecule has 0 aromatic heterocycles. The van der Waals surface area contributed by atoms with E-state index >= 15 is 0 Å². The van der Waals surface area contributed by atoms with Crippen LogP contribution in [0.25, 0.3) is 0 Å². The van der Waals surface area contributed by atoms with E-state index in [4.69, 9.17) is 18.9 Å². The third-order valence-electron chi connectivity index (χ3n) is 24.4. The van der Waals surface area contributed by atoms with Crippen molar-refractivity contribution in [2.24, 2.45) is 0 Å². The summed E-state index contributed by atoms with van der Waals surface area (Å²) in [5, 5.41) is 0. The Morgan fingerprint density at radius 1 is 0.220 bits per heavy atom. The number of rotatable bonds is 34. The largest absolute Gasteiger partial charge is 0.534 e. The van der Waals surface area contributed by atoms with Gasteiger partial charge >= 0.3 is 39.5 Å². The highest BCUT2D eigenvalue weighted by molar-refractivity contribution is 7.98. The van der Waals surface area contributed by atoms with Gasteiger partial charge in [0, 0.05) is 60.7 Å². The van der Waals surface area contributed by atoms with Gasteiger partial charge in [0.05, 0.1) is 76.7 Å². The van der Waals surface area contributed by atoms with E-state index in [0.29, 0.717) is 45.3 Å². The number of hydrogen-bond acceptors (Lipinski definition) is 11. The zero-order chi connectivity index (χ0) is 106. The van der Waals surface area contributed by atoms with Crippen LogP contribution in [-0.4, -0.2) is 55.1 Å². The highest BCUT2D eigenvalue weighted by Crippen LogP contribution is 2.44. The fourth-order valence-electron chi connectivity index (χ4n) is 17.2. The minimum absolute atomic E-state index is 0.263. The van der Waals surface area contributed by atoms with Crippen LogP contribution in [0.3, 0.4) is 0 Å². The molecule has 0 aliphatic heterocycles. The highest BCUT2D eigenvalue weighted by atomic mass is 32.2. The Morgan fingerprint density at radius 3 is 0.553 bits per heavy atom. The Bertz CT molecular complexity index is 6830. The predicted octanol–water partition coefficient (Wildman–Crippen LogP) is 32.7. The SMILES string of the molecule is CCCC[S+](CCCC)CCCC.Cc1cc([S+](c2ccccc2)c2ccccc2)cc(C)c1OC(=O)c1ccc(C(=O)Oc2c(C)cc([S+](c3ccccc3)c3ccccc3)cc2C)cc1.Cc1cc([S+](c2ccccc2)c2ccccc2)cc(C)c1OC(=O)c1cccc(C(=O)Oc2c(C)cc([S+](c3ccccc3)c3ccccc3)cc2C)c1.Cc1cc([S+](c2ccccc2)c2ccccc2)cc(C)c1OS(=O)(=O)C(F)(F)F. The standard InChI is InChI=1S/2C48H40O4S2.C21H18F3O3S2.C12H27S/c1-33-28-43(53(39-20-9-5-10-21-39)40-22-11-6-12-23-40)29-34(2)45(33)51-47(49)37-18-17-19-38(32-37)48(50)52-46-35(3)30-44(31-36(46)4)54(41-24-13-7-14-25-41)42-26-15-8-16-27-42;1-33-29-43(53(39-17-9-5-10-18-39)40-19-11-6-12-20-40)30-34(2)45(33)51-47(49)37-25-27-38(28-26-37)48(50)52-46-35(3)31-44(32-36(46)4)54(41-21-13-7-14-22-41)42-23-15-8-16-24-42;1-15-13-19(14-16(2)20(15)27-29(25,26)21(22,23)24)28(17-9-5-3-6-10-17)18-11-7-4-8-12-18;1-4-7-10-13(11-8-5-2)12-9-6-3/h2*5-32H,1-4H3;3-14H,1-2H3;4-12H2,1-3H3/q2*+2;2*+1. The number of esters is 4. The van der Waals surface area contributed by atoms with Crippen LogP contribution in [0.1, 0.15) is 156 Å². The summed E-state index contributed by atoms with van der Waals surface area (Å²) in [7, 11) is -6.78. The Labute approximate surface area is 899 Å². The van der Waals surface area contributed by atoms with Crippen molar-refractivity contribution in [1.82, 2.24) is 0 Å². The van der Waals surface area contributed by atoms with Crippen LogP contribution < -0.4 is 23.1 Å². The summed E-state index contributed by atoms with van der Waals surface area (Å²) in [4.78, 5) is 71.2. The van der Waals surface area contributed by atoms with Crippen molar-refractivity contribution in [2.45, 2.75) is 207 Å². The van der Waals surface area contributed by atoms with E-state index in [1.54, 1.807) is 54.6 Å². The van der Waals surface area contributed by atoms with E-state index in [0.717, 1.165) is 89.7 Å². The van der Waals surface area contributed by atoms with E-state index in [2.05, 4.69) is 268 Å². The lowest BCUT2D eigenvalue weighted by molar-refractivity contribution is -0.0500. The average Bonchev–Trinajstić information content (AvgIpc) is 0.790. The van der Waals surface area contributed by atoms with Crippen molar-refractivity contribution in [1.29, 1.82) is 0 Å². The molecule has 0 atom stereocenters. The van der Waals surface area contributed by atoms with E-state index in [-0.39, 0.29) is 60.5 Å². The summed E-state index contributed by atoms with van der Waals surface area (Å²) >= 11 is 0. The monoisotopic (exact) mass is 2130 g/mol. The van der Waals surface area contributed by atoms with Crippen LogP contribution in [0.15, 0.2) is 486 Å².